The summed E-state index contributed by atoms with van der Waals surface area (Å²) in [6, 6.07) is 0. The molecular formula is C11H19NO2. The van der Waals surface area contributed by atoms with Crippen LogP contribution in [-0.2, 0) is 9.59 Å². The second-order valence-electron chi connectivity index (χ2n) is 5.10. The van der Waals surface area contributed by atoms with E-state index in [2.05, 4.69) is 26.1 Å². The molecule has 1 N–H and O–H groups in total. The molecule has 80 valence electrons. The number of hydrogen-bond donors (Lipinski definition) is 1. The molecule has 2 amide bonds. The molecule has 1 saturated heterocycles. The Morgan fingerprint density at radius 1 is 1.36 bits per heavy atom. The third-order valence-electron chi connectivity index (χ3n) is 3.04. The summed E-state index contributed by atoms with van der Waals surface area (Å²) in [5.41, 5.74) is 0.0219. The van der Waals surface area contributed by atoms with Crippen molar-refractivity contribution < 1.29 is 9.59 Å². The molecule has 0 spiro atoms. The molecular weight excluding hydrogens is 178 g/mol. The first-order valence-electron chi connectivity index (χ1n) is 5.20. The highest BCUT2D eigenvalue weighted by Gasteiger charge is 2.40. The lowest BCUT2D eigenvalue weighted by Crippen LogP contribution is -2.49. The van der Waals surface area contributed by atoms with Gasteiger partial charge in [0.2, 0.25) is 11.8 Å². The van der Waals surface area contributed by atoms with Gasteiger partial charge in [0.1, 0.15) is 0 Å². The van der Waals surface area contributed by atoms with Crippen LogP contribution in [-0.4, -0.2) is 11.8 Å². The van der Waals surface area contributed by atoms with Crippen LogP contribution in [0.3, 0.4) is 0 Å². The molecule has 1 aliphatic heterocycles. The lowest BCUT2D eigenvalue weighted by molar-refractivity contribution is -0.141. The lowest BCUT2D eigenvalue weighted by atomic mass is 9.68. The molecule has 2 atom stereocenters. The maximum Gasteiger partial charge on any atom is 0.229 e. The number of carbonyl (C=O) groups is 2. The fourth-order valence-electron chi connectivity index (χ4n) is 2.19. The Morgan fingerprint density at radius 2 is 1.93 bits per heavy atom. The summed E-state index contributed by atoms with van der Waals surface area (Å²) in [4.78, 5) is 22.8. The van der Waals surface area contributed by atoms with Crippen molar-refractivity contribution >= 4 is 11.8 Å². The van der Waals surface area contributed by atoms with Gasteiger partial charge in [-0.15, -0.1) is 0 Å². The van der Waals surface area contributed by atoms with Crippen LogP contribution < -0.4 is 5.32 Å². The summed E-state index contributed by atoms with van der Waals surface area (Å²) < 4.78 is 0. The van der Waals surface area contributed by atoms with E-state index in [1.807, 2.05) is 6.92 Å². The van der Waals surface area contributed by atoms with Crippen molar-refractivity contribution in [2.45, 2.75) is 40.5 Å². The van der Waals surface area contributed by atoms with E-state index in [4.69, 9.17) is 0 Å². The highest BCUT2D eigenvalue weighted by molar-refractivity contribution is 5.99. The van der Waals surface area contributed by atoms with Gasteiger partial charge < -0.3 is 0 Å². The summed E-state index contributed by atoms with van der Waals surface area (Å²) in [6.45, 7) is 8.27. The van der Waals surface area contributed by atoms with Gasteiger partial charge in [-0.25, -0.2) is 0 Å². The first-order chi connectivity index (χ1) is 6.36. The lowest BCUT2D eigenvalue weighted by Gasteiger charge is -2.38. The van der Waals surface area contributed by atoms with E-state index in [-0.39, 0.29) is 29.1 Å². The van der Waals surface area contributed by atoms with Gasteiger partial charge in [-0.05, 0) is 17.8 Å². The van der Waals surface area contributed by atoms with Crippen molar-refractivity contribution in [1.29, 1.82) is 0 Å². The van der Waals surface area contributed by atoms with E-state index in [1.165, 1.54) is 0 Å². The van der Waals surface area contributed by atoms with Gasteiger partial charge in [0.05, 0.1) is 0 Å². The van der Waals surface area contributed by atoms with Crippen LogP contribution in [0.1, 0.15) is 40.5 Å². The molecule has 0 aliphatic carbocycles. The summed E-state index contributed by atoms with van der Waals surface area (Å²) in [6.07, 6.45) is 1.29. The first kappa shape index (κ1) is 11.2. The van der Waals surface area contributed by atoms with E-state index < -0.39 is 0 Å². The van der Waals surface area contributed by atoms with Crippen molar-refractivity contribution in [1.82, 2.24) is 5.32 Å². The Hall–Kier alpha value is -0.860. The topological polar surface area (TPSA) is 46.2 Å². The molecule has 3 heteroatoms. The molecule has 0 aromatic rings. The largest absolute Gasteiger partial charge is 0.296 e. The van der Waals surface area contributed by atoms with E-state index in [1.54, 1.807) is 0 Å². The second-order valence-corrected chi connectivity index (χ2v) is 5.10. The van der Waals surface area contributed by atoms with E-state index in [0.29, 0.717) is 6.42 Å². The van der Waals surface area contributed by atoms with Crippen molar-refractivity contribution in [3.63, 3.8) is 0 Å². The molecule has 3 nitrogen and oxygen atoms in total. The highest BCUT2D eigenvalue weighted by Crippen LogP contribution is 2.38. The Labute approximate surface area is 85.3 Å². The molecule has 1 heterocycles. The van der Waals surface area contributed by atoms with Crippen LogP contribution in [0.15, 0.2) is 0 Å². The molecule has 0 radical (unpaired) electrons. The third kappa shape index (κ3) is 2.14. The van der Waals surface area contributed by atoms with Crippen molar-refractivity contribution in [2.24, 2.45) is 17.3 Å². The number of carbonyl (C=O) groups excluding carboxylic acids is 2. The molecule has 2 unspecified atom stereocenters. The van der Waals surface area contributed by atoms with E-state index in [9.17, 15) is 9.59 Å². The van der Waals surface area contributed by atoms with Gasteiger partial charge in [0.25, 0.3) is 0 Å². The molecule has 1 aliphatic rings. The van der Waals surface area contributed by atoms with Crippen LogP contribution in [0.25, 0.3) is 0 Å². The van der Waals surface area contributed by atoms with Gasteiger partial charge in [-0.2, -0.15) is 0 Å². The van der Waals surface area contributed by atoms with E-state index in [0.717, 1.165) is 6.42 Å². The van der Waals surface area contributed by atoms with Crippen molar-refractivity contribution in [2.75, 3.05) is 0 Å². The smallest absolute Gasteiger partial charge is 0.229 e. The van der Waals surface area contributed by atoms with Crippen LogP contribution in [0, 0.1) is 17.3 Å². The SMILES string of the molecule is CCC1C(=O)NC(=O)CC1C(C)(C)C. The minimum Gasteiger partial charge on any atom is -0.296 e. The zero-order chi connectivity index (χ0) is 10.9. The molecule has 0 aromatic heterocycles. The molecule has 1 rings (SSSR count). The van der Waals surface area contributed by atoms with Gasteiger partial charge in [-0.3, -0.25) is 14.9 Å². The Morgan fingerprint density at radius 3 is 2.36 bits per heavy atom. The van der Waals surface area contributed by atoms with Crippen LogP contribution in [0.4, 0.5) is 0 Å². The average Bonchev–Trinajstić information content (AvgIpc) is 2.01. The predicted octanol–water partition coefficient (Wildman–Crippen LogP) is 1.72. The normalized spacial score (nSPS) is 28.9. The number of imide groups is 1. The van der Waals surface area contributed by atoms with Gasteiger partial charge >= 0.3 is 0 Å². The van der Waals surface area contributed by atoms with Crippen LogP contribution in [0.5, 0.6) is 0 Å². The van der Waals surface area contributed by atoms with Gasteiger partial charge in [0, 0.05) is 12.3 Å². The fourth-order valence-corrected chi connectivity index (χ4v) is 2.19. The Kier molecular flexibility index (Phi) is 2.98. The second kappa shape index (κ2) is 3.71. The molecule has 0 aromatic carbocycles. The minimum absolute atomic E-state index is 0.00676. The van der Waals surface area contributed by atoms with Crippen LogP contribution >= 0.6 is 0 Å². The predicted molar refractivity (Wildman–Crippen MR) is 54.5 cm³/mol. The zero-order valence-corrected chi connectivity index (χ0v) is 9.39. The summed E-state index contributed by atoms with van der Waals surface area (Å²) in [5.74, 6) is -0.0512. The quantitative estimate of drug-likeness (QED) is 0.651. The van der Waals surface area contributed by atoms with Crippen LogP contribution in [0.2, 0.25) is 0 Å². The molecule has 0 bridgehead atoms. The third-order valence-corrected chi connectivity index (χ3v) is 3.04. The Bertz CT molecular complexity index is 253. The standard InChI is InChI=1S/C11H19NO2/c1-5-7-8(11(2,3)4)6-9(13)12-10(7)14/h7-8H,5-6H2,1-4H3,(H,12,13,14). The maximum absolute atomic E-state index is 11.6. The number of hydrogen-bond acceptors (Lipinski definition) is 2. The van der Waals surface area contributed by atoms with Gasteiger partial charge in [-0.1, -0.05) is 27.7 Å². The number of nitrogens with one attached hydrogen (secondary N) is 1. The number of amides is 2. The first-order valence-corrected chi connectivity index (χ1v) is 5.20. The van der Waals surface area contributed by atoms with Gasteiger partial charge in [0.15, 0.2) is 0 Å². The van der Waals surface area contributed by atoms with Crippen molar-refractivity contribution in [3.05, 3.63) is 0 Å². The fraction of sp³-hybridized carbons (Fsp3) is 0.818. The highest BCUT2D eigenvalue weighted by atomic mass is 16.2. The molecule has 1 fully saturated rings. The van der Waals surface area contributed by atoms with Crippen molar-refractivity contribution in [3.8, 4) is 0 Å². The molecule has 14 heavy (non-hydrogen) atoms. The summed E-state index contributed by atoms with van der Waals surface area (Å²) in [5, 5.41) is 2.40. The number of rotatable bonds is 1. The summed E-state index contributed by atoms with van der Waals surface area (Å²) >= 11 is 0. The maximum atomic E-state index is 11.6. The monoisotopic (exact) mass is 197 g/mol. The van der Waals surface area contributed by atoms with E-state index >= 15 is 0 Å². The Balaban J connectivity index is 2.89. The molecule has 0 saturated carbocycles. The number of piperidine rings is 1. The summed E-state index contributed by atoms with van der Waals surface area (Å²) in [7, 11) is 0. The minimum atomic E-state index is -0.125. The average molecular weight is 197 g/mol. The zero-order valence-electron chi connectivity index (χ0n) is 9.39.